The van der Waals surface area contributed by atoms with Gasteiger partial charge in [0.05, 0.1) is 51.0 Å². The Hall–Kier alpha value is -9.35. The molecule has 3 aliphatic heterocycles. The van der Waals surface area contributed by atoms with E-state index in [1.54, 1.807) is 47.3 Å². The average molecular weight is 1160 g/mol. The van der Waals surface area contributed by atoms with Crippen LogP contribution in [0.5, 0.6) is 0 Å². The first-order valence-corrected chi connectivity index (χ1v) is 29.8. The van der Waals surface area contributed by atoms with Gasteiger partial charge in [-0.1, -0.05) is 78.9 Å². The molecule has 3 aliphatic rings. The lowest BCUT2D eigenvalue weighted by Gasteiger charge is -2.37. The molecule has 0 atom stereocenters. The SMILES string of the molecule is Cn1c(=O)c(N)c(N2CCN(C(=O)c3ccccc3)CC2)c2ccccc21.Cn1c(=O)c(N)c(N2CCN(C(=O)c3cccs3)CC2)c2ccccc21.Cn1c(=O)c(NS(C)(=O)=O)c(N2CCN(C(=O)c3ccco3)CC2)c2ccccc21. The number of hydrogen-bond donors (Lipinski definition) is 3. The number of carbonyl (C=O) groups is 3. The number of aryl methyl sites for hydroxylation is 3. The topological polar surface area (TPSA) is 248 Å². The van der Waals surface area contributed by atoms with Crippen molar-refractivity contribution in [2.24, 2.45) is 21.1 Å². The lowest BCUT2D eigenvalue weighted by atomic mass is 10.1. The van der Waals surface area contributed by atoms with E-state index >= 15 is 0 Å². The van der Waals surface area contributed by atoms with Crippen molar-refractivity contribution in [3.8, 4) is 0 Å². The molecular formula is C60H64N12O9S2. The number of furan rings is 1. The van der Waals surface area contributed by atoms with Gasteiger partial charge in [0.25, 0.3) is 34.4 Å². The predicted octanol–water partition coefficient (Wildman–Crippen LogP) is 5.69. The third kappa shape index (κ3) is 11.6. The number of nitrogen functional groups attached to an aromatic ring is 2. The number of nitrogens with two attached hydrogens (primary N) is 2. The van der Waals surface area contributed by atoms with Gasteiger partial charge in [0.1, 0.15) is 17.1 Å². The van der Waals surface area contributed by atoms with Gasteiger partial charge in [0.15, 0.2) is 5.76 Å². The molecule has 83 heavy (non-hydrogen) atoms. The third-order valence-corrected chi connectivity index (χ3v) is 16.8. The van der Waals surface area contributed by atoms with Gasteiger partial charge in [0.2, 0.25) is 10.0 Å². The largest absolute Gasteiger partial charge is 0.459 e. The van der Waals surface area contributed by atoms with Gasteiger partial charge in [-0.2, -0.15) is 0 Å². The van der Waals surface area contributed by atoms with E-state index in [9.17, 15) is 37.2 Å². The van der Waals surface area contributed by atoms with E-state index < -0.39 is 15.6 Å². The maximum atomic E-state index is 13.0. The summed E-state index contributed by atoms with van der Waals surface area (Å²) < 4.78 is 36.1. The Morgan fingerprint density at radius 3 is 1.33 bits per heavy atom. The van der Waals surface area contributed by atoms with E-state index in [1.165, 1.54) is 22.2 Å². The molecule has 9 aromatic rings. The molecular weight excluding hydrogens is 1100 g/mol. The Labute approximate surface area is 482 Å². The van der Waals surface area contributed by atoms with Crippen LogP contribution in [-0.2, 0) is 31.2 Å². The second-order valence-corrected chi connectivity index (χ2v) is 23.1. The Morgan fingerprint density at radius 1 is 0.482 bits per heavy atom. The molecule has 5 N–H and O–H groups in total. The van der Waals surface area contributed by atoms with Crippen molar-refractivity contribution in [3.05, 3.63) is 186 Å². The van der Waals surface area contributed by atoms with Crippen LogP contribution in [0.25, 0.3) is 32.7 Å². The van der Waals surface area contributed by atoms with Crippen LogP contribution in [0.4, 0.5) is 34.1 Å². The molecule has 3 fully saturated rings. The molecule has 430 valence electrons. The number of thiophene rings is 1. The number of nitrogens with zero attached hydrogens (tertiary/aromatic N) is 9. The second kappa shape index (κ2) is 24.0. The lowest BCUT2D eigenvalue weighted by molar-refractivity contribution is 0.0712. The summed E-state index contributed by atoms with van der Waals surface area (Å²) in [5, 5.41) is 4.59. The summed E-state index contributed by atoms with van der Waals surface area (Å²) in [5.41, 5.74) is 17.4. The van der Waals surface area contributed by atoms with Crippen LogP contribution >= 0.6 is 11.3 Å². The number of nitrogens with one attached hydrogen (secondary N) is 1. The molecule has 0 spiro atoms. The lowest BCUT2D eigenvalue weighted by Crippen LogP contribution is -2.49. The highest BCUT2D eigenvalue weighted by Gasteiger charge is 2.31. The number of benzene rings is 4. The Kier molecular flexibility index (Phi) is 16.5. The standard InChI is InChI=1S/C21H22N4O2.C20H22N4O5S.C19H20N4O2S/c1-23-17-10-6-5-9-16(17)19(18(22)21(23)27)24-11-13-25(14-12-24)20(26)15-7-3-2-4-8-15;1-22-15-7-4-3-6-14(15)18(17(20(22)26)21-30(2,27)28)23-9-11-24(12-10-23)19(25)16-8-5-13-29-16;1-21-14-6-3-2-5-13(14)17(16(20)19(21)25)22-8-10-23(11-9-22)18(24)15-7-4-12-26-15/h2-10H,11-14,22H2,1H3;3-8,13,21H,9-12H2,1-2H3;2-7,12H,8-11,20H2,1H3. The summed E-state index contributed by atoms with van der Waals surface area (Å²) in [6.45, 7) is 6.72. The van der Waals surface area contributed by atoms with Gasteiger partial charge in [-0.25, -0.2) is 8.42 Å². The van der Waals surface area contributed by atoms with Crippen LogP contribution in [0.1, 0.15) is 30.6 Å². The van der Waals surface area contributed by atoms with Crippen molar-refractivity contribution < 1.29 is 27.2 Å². The number of hydrogen-bond acceptors (Lipinski definition) is 15. The fraction of sp³-hybridized carbons (Fsp3) is 0.267. The minimum atomic E-state index is -3.67. The molecule has 3 saturated heterocycles. The monoisotopic (exact) mass is 1160 g/mol. The fourth-order valence-electron chi connectivity index (χ4n) is 11.0. The zero-order valence-electron chi connectivity index (χ0n) is 46.4. The molecule has 23 heteroatoms. The Bertz CT molecular complexity index is 4180. The molecule has 0 radical (unpaired) electrons. The summed E-state index contributed by atoms with van der Waals surface area (Å²) in [6, 6.07) is 39.3. The fourth-order valence-corrected chi connectivity index (χ4v) is 12.3. The normalized spacial score (nSPS) is 14.7. The number of pyridine rings is 3. The number of amides is 3. The molecule has 0 bridgehead atoms. The molecule has 4 aromatic carbocycles. The Balaban J connectivity index is 0.000000139. The molecule has 21 nitrogen and oxygen atoms in total. The summed E-state index contributed by atoms with van der Waals surface area (Å²) in [7, 11) is 1.42. The highest BCUT2D eigenvalue weighted by Crippen LogP contribution is 2.35. The van der Waals surface area contributed by atoms with Crippen LogP contribution in [0.15, 0.2) is 158 Å². The van der Waals surface area contributed by atoms with E-state index in [-0.39, 0.29) is 51.7 Å². The van der Waals surface area contributed by atoms with Crippen molar-refractivity contribution >= 4 is 106 Å². The molecule has 0 aliphatic carbocycles. The number of anilines is 6. The smallest absolute Gasteiger partial charge is 0.289 e. The van der Waals surface area contributed by atoms with Crippen LogP contribution in [-0.4, -0.2) is 139 Å². The van der Waals surface area contributed by atoms with Gasteiger partial charge in [-0.3, -0.25) is 33.5 Å². The van der Waals surface area contributed by atoms with Gasteiger partial charge in [-0.05, 0) is 53.9 Å². The maximum absolute atomic E-state index is 13.0. The highest BCUT2D eigenvalue weighted by atomic mass is 32.2. The molecule has 12 rings (SSSR count). The molecule has 3 amide bonds. The summed E-state index contributed by atoms with van der Waals surface area (Å²) in [5.74, 6) is 0.198. The average Bonchev–Trinajstić information content (AvgIpc) is 4.47. The van der Waals surface area contributed by atoms with Gasteiger partial charge in [0, 0.05) is 121 Å². The van der Waals surface area contributed by atoms with E-state index in [0.717, 1.165) is 49.7 Å². The van der Waals surface area contributed by atoms with E-state index in [0.29, 0.717) is 95.3 Å². The van der Waals surface area contributed by atoms with Crippen LogP contribution in [0, 0.1) is 0 Å². The van der Waals surface area contributed by atoms with Crippen LogP contribution in [0.2, 0.25) is 0 Å². The number of piperazine rings is 3. The Morgan fingerprint density at radius 2 is 0.892 bits per heavy atom. The predicted molar refractivity (Wildman–Crippen MR) is 329 cm³/mol. The summed E-state index contributed by atoms with van der Waals surface area (Å²) in [4.78, 5) is 88.1. The molecule has 0 saturated carbocycles. The van der Waals surface area contributed by atoms with E-state index in [1.807, 2.05) is 135 Å². The second-order valence-electron chi connectivity index (χ2n) is 20.4. The molecule has 0 unspecified atom stereocenters. The molecule has 8 heterocycles. The number of rotatable bonds is 8. The van der Waals surface area contributed by atoms with Crippen molar-refractivity contribution in [1.82, 2.24) is 28.4 Å². The molecule has 5 aromatic heterocycles. The first-order chi connectivity index (χ1) is 39.9. The highest BCUT2D eigenvalue weighted by molar-refractivity contribution is 7.92. The zero-order valence-corrected chi connectivity index (χ0v) is 48.1. The first-order valence-electron chi connectivity index (χ1n) is 27.0. The number of sulfonamides is 1. The van der Waals surface area contributed by atoms with Crippen molar-refractivity contribution in [2.45, 2.75) is 0 Å². The van der Waals surface area contributed by atoms with Crippen LogP contribution in [0.3, 0.4) is 0 Å². The summed E-state index contributed by atoms with van der Waals surface area (Å²) >= 11 is 1.46. The first kappa shape index (κ1) is 56.9. The number of para-hydroxylation sites is 3. The quantitative estimate of drug-likeness (QED) is 0.165. The third-order valence-electron chi connectivity index (χ3n) is 15.3. The van der Waals surface area contributed by atoms with Crippen molar-refractivity contribution in [3.63, 3.8) is 0 Å². The van der Waals surface area contributed by atoms with E-state index in [2.05, 4.69) is 14.5 Å². The van der Waals surface area contributed by atoms with Gasteiger partial charge in [-0.15, -0.1) is 11.3 Å². The number of fused-ring (bicyclic) bond motifs is 3. The van der Waals surface area contributed by atoms with Gasteiger partial charge >= 0.3 is 0 Å². The van der Waals surface area contributed by atoms with Crippen molar-refractivity contribution in [1.29, 1.82) is 0 Å². The minimum absolute atomic E-state index is 0.0181. The van der Waals surface area contributed by atoms with E-state index in [4.69, 9.17) is 15.9 Å². The summed E-state index contributed by atoms with van der Waals surface area (Å²) in [6.07, 6.45) is 2.48. The van der Waals surface area contributed by atoms with Crippen LogP contribution < -0.4 is 47.6 Å². The van der Waals surface area contributed by atoms with Gasteiger partial charge < -0.3 is 59.0 Å². The minimum Gasteiger partial charge on any atom is -0.459 e. The zero-order chi connectivity index (χ0) is 58.7. The number of carbonyl (C=O) groups excluding carboxylic acids is 3. The number of aromatic nitrogens is 3. The van der Waals surface area contributed by atoms with Crippen molar-refractivity contribution in [2.75, 3.05) is 116 Å². The maximum Gasteiger partial charge on any atom is 0.289 e.